The highest BCUT2D eigenvalue weighted by molar-refractivity contribution is 7.16. The Hall–Kier alpha value is -4.49. The number of aromatic nitrogens is 1. The summed E-state index contributed by atoms with van der Waals surface area (Å²) in [6.45, 7) is 7.70. The molecule has 1 heterocycles. The standard InChI is InChI=1S/C30H37N3O4S.2C2HF3O2/c1-20(2)37-17-5-15-31-18-23-6-3-4-7-24(23)22-10-8-21(9-11-22)14-16-32-19-27(35)25-12-13-26(34)28-29(25)38-30(36)33-28;2*3-2(4,5)1(6)7/h3-4,6-13,20,27,31-32,34-35H,5,14-19H2,1-2H3,(H,33,36);2*(H,6,7)/t27-;;/m0../s1. The Morgan fingerprint density at radius 2 is 1.48 bits per heavy atom. The molecule has 11 nitrogen and oxygen atoms in total. The first-order chi connectivity index (χ1) is 24.3. The molecule has 4 rings (SSSR count). The summed E-state index contributed by atoms with van der Waals surface area (Å²) in [4.78, 5) is 31.9. The molecule has 52 heavy (non-hydrogen) atoms. The van der Waals surface area contributed by atoms with Crippen molar-refractivity contribution in [3.05, 3.63) is 87.0 Å². The summed E-state index contributed by atoms with van der Waals surface area (Å²) < 4.78 is 69.7. The van der Waals surface area contributed by atoms with Gasteiger partial charge in [0.25, 0.3) is 0 Å². The molecule has 0 unspecified atom stereocenters. The van der Waals surface area contributed by atoms with E-state index in [1.165, 1.54) is 28.3 Å². The summed E-state index contributed by atoms with van der Waals surface area (Å²) in [5, 5.41) is 41.7. The number of aromatic hydroxyl groups is 1. The van der Waals surface area contributed by atoms with Crippen LogP contribution in [0, 0.1) is 0 Å². The van der Waals surface area contributed by atoms with Crippen molar-refractivity contribution in [3.63, 3.8) is 0 Å². The lowest BCUT2D eigenvalue weighted by molar-refractivity contribution is -0.193. The molecule has 4 aromatic rings. The van der Waals surface area contributed by atoms with Crippen LogP contribution in [0.3, 0.4) is 0 Å². The number of H-pyrrole nitrogens is 1. The number of ether oxygens (including phenoxy) is 1. The van der Waals surface area contributed by atoms with Crippen LogP contribution in [0.4, 0.5) is 26.3 Å². The van der Waals surface area contributed by atoms with Gasteiger partial charge in [0.1, 0.15) is 11.3 Å². The number of aliphatic carboxylic acids is 2. The molecule has 0 fully saturated rings. The largest absolute Gasteiger partial charge is 0.506 e. The van der Waals surface area contributed by atoms with Gasteiger partial charge >= 0.3 is 29.2 Å². The van der Waals surface area contributed by atoms with Crippen molar-refractivity contribution >= 4 is 33.5 Å². The van der Waals surface area contributed by atoms with Crippen molar-refractivity contribution in [2.24, 2.45) is 0 Å². The first-order valence-electron chi connectivity index (χ1n) is 15.6. The molecule has 286 valence electrons. The zero-order valence-electron chi connectivity index (χ0n) is 28.0. The first kappa shape index (κ1) is 43.7. The minimum Gasteiger partial charge on any atom is -0.506 e. The van der Waals surface area contributed by atoms with Crippen molar-refractivity contribution < 1.29 is 61.1 Å². The lowest BCUT2D eigenvalue weighted by Crippen LogP contribution is -2.23. The zero-order valence-corrected chi connectivity index (χ0v) is 28.8. The number of phenolic OH excluding ortho intramolecular Hbond substituents is 1. The number of hydrogen-bond acceptors (Lipinski definition) is 9. The number of carbonyl (C=O) groups is 2. The smallest absolute Gasteiger partial charge is 0.490 e. The predicted octanol–water partition coefficient (Wildman–Crippen LogP) is 6.00. The number of phenols is 1. The third-order valence-corrected chi connectivity index (χ3v) is 7.84. The van der Waals surface area contributed by atoms with Gasteiger partial charge in [-0.1, -0.05) is 65.9 Å². The maximum Gasteiger partial charge on any atom is 0.490 e. The average Bonchev–Trinajstić information content (AvgIpc) is 3.47. The molecule has 0 radical (unpaired) electrons. The van der Waals surface area contributed by atoms with E-state index in [-0.39, 0.29) is 16.7 Å². The van der Waals surface area contributed by atoms with Crippen LogP contribution in [0.15, 0.2) is 65.5 Å². The highest BCUT2D eigenvalue weighted by Gasteiger charge is 2.38. The van der Waals surface area contributed by atoms with Crippen LogP contribution in [0.1, 0.15) is 43.1 Å². The molecule has 1 aromatic heterocycles. The lowest BCUT2D eigenvalue weighted by Gasteiger charge is -2.14. The van der Waals surface area contributed by atoms with Gasteiger partial charge in [-0.15, -0.1) is 0 Å². The second kappa shape index (κ2) is 20.5. The van der Waals surface area contributed by atoms with Crippen LogP contribution in [0.25, 0.3) is 21.3 Å². The molecule has 1 atom stereocenters. The average molecular weight is 764 g/mol. The number of alkyl halides is 6. The number of nitrogens with one attached hydrogen (secondary N) is 3. The summed E-state index contributed by atoms with van der Waals surface area (Å²) in [6, 6.07) is 20.3. The Bertz CT molecular complexity index is 1750. The Morgan fingerprint density at radius 1 is 0.885 bits per heavy atom. The Labute approximate surface area is 297 Å². The minimum absolute atomic E-state index is 0.0109. The van der Waals surface area contributed by atoms with Gasteiger partial charge in [-0.3, -0.25) is 4.79 Å². The Kier molecular flexibility index (Phi) is 17.2. The molecule has 0 aliphatic carbocycles. The van der Waals surface area contributed by atoms with Gasteiger partial charge in [0.2, 0.25) is 0 Å². The van der Waals surface area contributed by atoms with E-state index in [9.17, 15) is 41.4 Å². The first-order valence-corrected chi connectivity index (χ1v) is 16.5. The van der Waals surface area contributed by atoms with E-state index in [0.29, 0.717) is 28.9 Å². The topological polar surface area (TPSA) is 181 Å². The number of thiazole rings is 1. The molecule has 18 heteroatoms. The van der Waals surface area contributed by atoms with Crippen molar-refractivity contribution in [1.82, 2.24) is 15.6 Å². The minimum atomic E-state index is -5.08. The van der Waals surface area contributed by atoms with Gasteiger partial charge in [0.05, 0.1) is 16.9 Å². The normalized spacial score (nSPS) is 12.1. The van der Waals surface area contributed by atoms with Crippen molar-refractivity contribution in [2.45, 2.75) is 57.8 Å². The van der Waals surface area contributed by atoms with Gasteiger partial charge in [0.15, 0.2) is 0 Å². The second-order valence-electron chi connectivity index (χ2n) is 11.3. The number of aromatic amines is 1. The van der Waals surface area contributed by atoms with Gasteiger partial charge < -0.3 is 40.8 Å². The van der Waals surface area contributed by atoms with Gasteiger partial charge in [-0.2, -0.15) is 26.3 Å². The molecule has 7 N–H and O–H groups in total. The number of carboxylic acids is 2. The number of aliphatic hydroxyl groups excluding tert-OH is 1. The summed E-state index contributed by atoms with van der Waals surface area (Å²) in [5.41, 5.74) is 5.93. The Balaban J connectivity index is 0.000000564. The molecule has 0 saturated carbocycles. The quantitative estimate of drug-likeness (QED) is 0.0595. The SMILES string of the molecule is CC(C)OCCCNCc1ccccc1-c1ccc(CCNC[C@H](O)c2ccc(O)c3[nH]c(=O)sc23)cc1.O=C(O)C(F)(F)F.O=C(O)C(F)(F)F. The maximum absolute atomic E-state index is 11.7. The molecule has 0 saturated heterocycles. The summed E-state index contributed by atoms with van der Waals surface area (Å²) in [6.07, 6.45) is -8.85. The maximum atomic E-state index is 11.7. The fourth-order valence-corrected chi connectivity index (χ4v) is 5.35. The van der Waals surface area contributed by atoms with E-state index < -0.39 is 30.4 Å². The fourth-order valence-electron chi connectivity index (χ4n) is 4.43. The monoisotopic (exact) mass is 763 g/mol. The van der Waals surface area contributed by atoms with Crippen molar-refractivity contribution in [3.8, 4) is 16.9 Å². The zero-order chi connectivity index (χ0) is 39.1. The van der Waals surface area contributed by atoms with Crippen molar-refractivity contribution in [2.75, 3.05) is 26.2 Å². The highest BCUT2D eigenvalue weighted by Crippen LogP contribution is 2.31. The third-order valence-electron chi connectivity index (χ3n) is 6.91. The van der Waals surface area contributed by atoms with Crippen LogP contribution >= 0.6 is 11.3 Å². The fraction of sp³-hybridized carbons (Fsp3) is 0.382. The number of fused-ring (bicyclic) bond motifs is 1. The molecule has 0 amide bonds. The van der Waals surface area contributed by atoms with E-state index in [4.69, 9.17) is 24.5 Å². The Morgan fingerprint density at radius 3 is 2.06 bits per heavy atom. The molecule has 0 aliphatic heterocycles. The molecule has 3 aromatic carbocycles. The predicted molar refractivity (Wildman–Crippen MR) is 182 cm³/mol. The number of rotatable bonds is 14. The van der Waals surface area contributed by atoms with E-state index in [1.807, 2.05) is 0 Å². The van der Waals surface area contributed by atoms with Crippen LogP contribution in [0.5, 0.6) is 5.75 Å². The third kappa shape index (κ3) is 15.0. The number of carboxylic acid groups (broad SMARTS) is 2. The van der Waals surface area contributed by atoms with Crippen LogP contribution < -0.4 is 15.5 Å². The summed E-state index contributed by atoms with van der Waals surface area (Å²) >= 11 is 0.998. The van der Waals surface area contributed by atoms with Crippen LogP contribution in [-0.4, -0.2) is 82.0 Å². The van der Waals surface area contributed by atoms with E-state index in [2.05, 4.69) is 78.0 Å². The summed E-state index contributed by atoms with van der Waals surface area (Å²) in [7, 11) is 0. The summed E-state index contributed by atoms with van der Waals surface area (Å²) in [5.74, 6) is -5.50. The number of hydrogen-bond donors (Lipinski definition) is 7. The molecular formula is C34H39F6N3O8S. The molecule has 0 aliphatic rings. The van der Waals surface area contributed by atoms with Gasteiger partial charge in [-0.05, 0) is 68.1 Å². The van der Waals surface area contributed by atoms with Gasteiger partial charge in [-0.25, -0.2) is 9.59 Å². The molecule has 0 bridgehead atoms. The van der Waals surface area contributed by atoms with Crippen LogP contribution in [-0.2, 0) is 27.3 Å². The molecular weight excluding hydrogens is 724 g/mol. The highest BCUT2D eigenvalue weighted by atomic mass is 32.1. The number of aliphatic hydroxyl groups is 1. The van der Waals surface area contributed by atoms with E-state index in [1.54, 1.807) is 6.07 Å². The van der Waals surface area contributed by atoms with Crippen LogP contribution in [0.2, 0.25) is 0 Å². The molecule has 0 spiro atoms. The number of halogens is 6. The number of benzene rings is 3. The van der Waals surface area contributed by atoms with Crippen molar-refractivity contribution in [1.29, 1.82) is 0 Å². The van der Waals surface area contributed by atoms with E-state index >= 15 is 0 Å². The lowest BCUT2D eigenvalue weighted by atomic mass is 9.98. The van der Waals surface area contributed by atoms with Gasteiger partial charge in [0, 0.05) is 25.3 Å². The van der Waals surface area contributed by atoms with E-state index in [0.717, 1.165) is 43.9 Å². The second-order valence-corrected chi connectivity index (χ2v) is 12.3.